The molecule has 1 atom stereocenters. The molecule has 1 aliphatic rings. The molecule has 2 N–H and O–H groups in total. The SMILES string of the molecule is CN(C)CCCOc1cncc(N2CCCC(N)C2)c1. The smallest absolute Gasteiger partial charge is 0.139 e. The zero-order valence-corrected chi connectivity index (χ0v) is 12.6. The van der Waals surface area contributed by atoms with Gasteiger partial charge < -0.3 is 20.3 Å². The fourth-order valence-corrected chi connectivity index (χ4v) is 2.47. The quantitative estimate of drug-likeness (QED) is 0.796. The lowest BCUT2D eigenvalue weighted by Crippen LogP contribution is -2.42. The van der Waals surface area contributed by atoms with Crippen LogP contribution in [0.15, 0.2) is 18.5 Å². The Hall–Kier alpha value is -1.33. The van der Waals surface area contributed by atoms with Crippen LogP contribution in [0.25, 0.3) is 0 Å². The second kappa shape index (κ2) is 7.45. The molecule has 5 heteroatoms. The number of anilines is 1. The first-order valence-electron chi connectivity index (χ1n) is 7.38. The van der Waals surface area contributed by atoms with E-state index < -0.39 is 0 Å². The van der Waals surface area contributed by atoms with Gasteiger partial charge in [0.2, 0.25) is 0 Å². The summed E-state index contributed by atoms with van der Waals surface area (Å²) in [7, 11) is 4.14. The van der Waals surface area contributed by atoms with E-state index in [1.165, 1.54) is 0 Å². The Bertz CT molecular complexity index is 411. The summed E-state index contributed by atoms with van der Waals surface area (Å²) >= 11 is 0. The van der Waals surface area contributed by atoms with E-state index in [-0.39, 0.29) is 6.04 Å². The minimum absolute atomic E-state index is 0.272. The van der Waals surface area contributed by atoms with Crippen LogP contribution in [0, 0.1) is 0 Å². The number of piperidine rings is 1. The monoisotopic (exact) mass is 278 g/mol. The van der Waals surface area contributed by atoms with Crippen molar-refractivity contribution in [1.29, 1.82) is 0 Å². The van der Waals surface area contributed by atoms with E-state index in [1.54, 1.807) is 6.20 Å². The van der Waals surface area contributed by atoms with Crippen molar-refractivity contribution < 1.29 is 4.74 Å². The number of pyridine rings is 1. The van der Waals surface area contributed by atoms with Crippen LogP contribution in [0.3, 0.4) is 0 Å². The van der Waals surface area contributed by atoms with Crippen molar-refractivity contribution in [1.82, 2.24) is 9.88 Å². The lowest BCUT2D eigenvalue weighted by atomic mass is 10.1. The molecule has 0 amide bonds. The van der Waals surface area contributed by atoms with Crippen LogP contribution in [0.2, 0.25) is 0 Å². The summed E-state index contributed by atoms with van der Waals surface area (Å²) in [5.74, 6) is 0.848. The van der Waals surface area contributed by atoms with Gasteiger partial charge in [0.15, 0.2) is 0 Å². The van der Waals surface area contributed by atoms with Crippen molar-refractivity contribution in [2.45, 2.75) is 25.3 Å². The molecule has 20 heavy (non-hydrogen) atoms. The molecule has 2 rings (SSSR count). The molecule has 0 spiro atoms. The van der Waals surface area contributed by atoms with Gasteiger partial charge in [0.1, 0.15) is 5.75 Å². The van der Waals surface area contributed by atoms with Gasteiger partial charge in [-0.1, -0.05) is 0 Å². The maximum absolute atomic E-state index is 6.03. The van der Waals surface area contributed by atoms with Crippen molar-refractivity contribution in [3.63, 3.8) is 0 Å². The van der Waals surface area contributed by atoms with Crippen LogP contribution >= 0.6 is 0 Å². The van der Waals surface area contributed by atoms with E-state index in [2.05, 4.69) is 34.9 Å². The molecule has 1 aromatic heterocycles. The van der Waals surface area contributed by atoms with E-state index in [0.29, 0.717) is 0 Å². The highest BCUT2D eigenvalue weighted by atomic mass is 16.5. The van der Waals surface area contributed by atoms with Crippen LogP contribution in [0.1, 0.15) is 19.3 Å². The number of hydrogen-bond donors (Lipinski definition) is 1. The first-order chi connectivity index (χ1) is 9.65. The lowest BCUT2D eigenvalue weighted by Gasteiger charge is -2.32. The Labute approximate surface area is 121 Å². The van der Waals surface area contributed by atoms with Crippen molar-refractivity contribution in [2.75, 3.05) is 45.2 Å². The standard InChI is InChI=1S/C15H26N4O/c1-18(2)6-4-8-20-15-9-14(10-17-11-15)19-7-3-5-13(16)12-19/h9-11,13H,3-8,12,16H2,1-2H3. The molecule has 1 fully saturated rings. The molecule has 112 valence electrons. The van der Waals surface area contributed by atoms with Crippen LogP contribution in [0.4, 0.5) is 5.69 Å². The third-order valence-electron chi connectivity index (χ3n) is 3.54. The molecule has 0 bridgehead atoms. The third kappa shape index (κ3) is 4.65. The van der Waals surface area contributed by atoms with E-state index in [0.717, 1.165) is 56.9 Å². The molecule has 0 aliphatic carbocycles. The maximum atomic E-state index is 6.03. The van der Waals surface area contributed by atoms with Crippen LogP contribution in [-0.2, 0) is 0 Å². The normalized spacial score (nSPS) is 19.4. The van der Waals surface area contributed by atoms with Crippen molar-refractivity contribution in [3.8, 4) is 5.75 Å². The van der Waals surface area contributed by atoms with Crippen molar-refractivity contribution in [2.24, 2.45) is 5.73 Å². The number of hydrogen-bond acceptors (Lipinski definition) is 5. The Balaban J connectivity index is 1.87. The van der Waals surface area contributed by atoms with E-state index in [4.69, 9.17) is 10.5 Å². The molecule has 1 aromatic rings. The largest absolute Gasteiger partial charge is 0.492 e. The van der Waals surface area contributed by atoms with Gasteiger partial charge in [-0.15, -0.1) is 0 Å². The fraction of sp³-hybridized carbons (Fsp3) is 0.667. The summed E-state index contributed by atoms with van der Waals surface area (Å²) in [6.07, 6.45) is 6.96. The van der Waals surface area contributed by atoms with Gasteiger partial charge in [-0.2, -0.15) is 0 Å². The maximum Gasteiger partial charge on any atom is 0.139 e. The summed E-state index contributed by atoms with van der Waals surface area (Å²) in [4.78, 5) is 8.74. The molecule has 0 aromatic carbocycles. The number of rotatable bonds is 6. The molecule has 1 saturated heterocycles. The summed E-state index contributed by atoms with van der Waals surface area (Å²) < 4.78 is 5.77. The van der Waals surface area contributed by atoms with Gasteiger partial charge in [0.05, 0.1) is 24.7 Å². The molecule has 1 unspecified atom stereocenters. The predicted octanol–water partition coefficient (Wildman–Crippen LogP) is 1.34. The molecule has 2 heterocycles. The number of nitrogens with two attached hydrogens (primary N) is 1. The van der Waals surface area contributed by atoms with Crippen LogP contribution in [-0.4, -0.2) is 56.3 Å². The van der Waals surface area contributed by atoms with Crippen LogP contribution < -0.4 is 15.4 Å². The second-order valence-corrected chi connectivity index (χ2v) is 5.73. The average molecular weight is 278 g/mol. The zero-order valence-electron chi connectivity index (χ0n) is 12.6. The first kappa shape index (κ1) is 15.1. The van der Waals surface area contributed by atoms with Crippen LogP contribution in [0.5, 0.6) is 5.75 Å². The Morgan fingerprint density at radius 1 is 1.45 bits per heavy atom. The third-order valence-corrected chi connectivity index (χ3v) is 3.54. The van der Waals surface area contributed by atoms with Gasteiger partial charge in [0.25, 0.3) is 0 Å². The number of ether oxygens (including phenoxy) is 1. The topological polar surface area (TPSA) is 54.6 Å². The van der Waals surface area contributed by atoms with Gasteiger partial charge in [-0.3, -0.25) is 4.98 Å². The molecular weight excluding hydrogens is 252 g/mol. The highest BCUT2D eigenvalue weighted by Crippen LogP contribution is 2.22. The highest BCUT2D eigenvalue weighted by molar-refractivity contribution is 5.48. The van der Waals surface area contributed by atoms with E-state index >= 15 is 0 Å². The van der Waals surface area contributed by atoms with Gasteiger partial charge in [-0.25, -0.2) is 0 Å². The molecule has 0 saturated carbocycles. The average Bonchev–Trinajstić information content (AvgIpc) is 2.44. The van der Waals surface area contributed by atoms with Gasteiger partial charge in [0, 0.05) is 31.7 Å². The Kier molecular flexibility index (Phi) is 5.61. The van der Waals surface area contributed by atoms with E-state index in [9.17, 15) is 0 Å². The molecule has 5 nitrogen and oxygen atoms in total. The van der Waals surface area contributed by atoms with Gasteiger partial charge >= 0.3 is 0 Å². The molecule has 0 radical (unpaired) electrons. The summed E-state index contributed by atoms with van der Waals surface area (Å²) in [5, 5.41) is 0. The minimum atomic E-state index is 0.272. The number of aromatic nitrogens is 1. The first-order valence-corrected chi connectivity index (χ1v) is 7.38. The fourth-order valence-electron chi connectivity index (χ4n) is 2.47. The lowest BCUT2D eigenvalue weighted by molar-refractivity contribution is 0.281. The Morgan fingerprint density at radius 3 is 3.05 bits per heavy atom. The predicted molar refractivity (Wildman–Crippen MR) is 82.3 cm³/mol. The summed E-state index contributed by atoms with van der Waals surface area (Å²) in [6, 6.07) is 2.34. The Morgan fingerprint density at radius 2 is 2.30 bits per heavy atom. The van der Waals surface area contributed by atoms with E-state index in [1.807, 2.05) is 6.20 Å². The van der Waals surface area contributed by atoms with Gasteiger partial charge in [-0.05, 0) is 33.4 Å². The highest BCUT2D eigenvalue weighted by Gasteiger charge is 2.17. The molecular formula is C15H26N4O. The number of nitrogens with zero attached hydrogens (tertiary/aromatic N) is 3. The molecule has 1 aliphatic heterocycles. The van der Waals surface area contributed by atoms with Crippen molar-refractivity contribution >= 4 is 5.69 Å². The minimum Gasteiger partial charge on any atom is -0.492 e. The summed E-state index contributed by atoms with van der Waals surface area (Å²) in [6.45, 7) is 3.72. The summed E-state index contributed by atoms with van der Waals surface area (Å²) in [5.41, 5.74) is 7.15. The zero-order chi connectivity index (χ0) is 14.4. The second-order valence-electron chi connectivity index (χ2n) is 5.73. The van der Waals surface area contributed by atoms with Crippen molar-refractivity contribution in [3.05, 3.63) is 18.5 Å².